The Morgan fingerprint density at radius 2 is 2.20 bits per heavy atom. The van der Waals surface area contributed by atoms with Crippen molar-refractivity contribution in [1.29, 1.82) is 0 Å². The molecule has 0 saturated carbocycles. The second kappa shape index (κ2) is 4.32. The summed E-state index contributed by atoms with van der Waals surface area (Å²) < 4.78 is 24.9. The third-order valence-electron chi connectivity index (χ3n) is 1.98. The third kappa shape index (κ3) is 3.64. The predicted molar refractivity (Wildman–Crippen MR) is 59.1 cm³/mol. The lowest BCUT2D eigenvalue weighted by Gasteiger charge is -2.06. The summed E-state index contributed by atoms with van der Waals surface area (Å²) in [5.74, 6) is 0.0170. The molecule has 0 amide bonds. The van der Waals surface area contributed by atoms with Crippen molar-refractivity contribution < 1.29 is 8.42 Å². The number of hydrogen-bond acceptors (Lipinski definition) is 4. The lowest BCUT2D eigenvalue weighted by molar-refractivity contribution is 0.586. The summed E-state index contributed by atoms with van der Waals surface area (Å²) in [6.45, 7) is 3.52. The number of aryl methyl sites for hydroxylation is 2. The van der Waals surface area contributed by atoms with E-state index in [4.69, 9.17) is 5.73 Å². The second-order valence-corrected chi connectivity index (χ2v) is 6.04. The molecule has 0 fully saturated rings. The van der Waals surface area contributed by atoms with E-state index >= 15 is 0 Å². The molecule has 0 radical (unpaired) electrons. The average molecular weight is 231 g/mol. The van der Waals surface area contributed by atoms with Crippen LogP contribution in [0.25, 0.3) is 0 Å². The quantitative estimate of drug-likeness (QED) is 0.790. The molecule has 1 unspecified atom stereocenters. The molecule has 1 heterocycles. The zero-order valence-corrected chi connectivity index (χ0v) is 10.1. The van der Waals surface area contributed by atoms with Crippen LogP contribution in [0.5, 0.6) is 0 Å². The van der Waals surface area contributed by atoms with Gasteiger partial charge in [0.2, 0.25) is 0 Å². The van der Waals surface area contributed by atoms with Gasteiger partial charge in [-0.3, -0.25) is 4.68 Å². The standard InChI is InChI=1S/C9H17N3O2S/c1-7(10)5-15(13,14)6-9-4-8(2)11-12(9)3/h4,7H,5-6,10H2,1-3H3. The number of nitrogens with zero attached hydrogens (tertiary/aromatic N) is 2. The van der Waals surface area contributed by atoms with Gasteiger partial charge in [0.25, 0.3) is 0 Å². The summed E-state index contributed by atoms with van der Waals surface area (Å²) in [5.41, 5.74) is 7.00. The van der Waals surface area contributed by atoms with E-state index in [-0.39, 0.29) is 17.5 Å². The summed E-state index contributed by atoms with van der Waals surface area (Å²) in [6.07, 6.45) is 0. The first kappa shape index (κ1) is 12.2. The first-order valence-corrected chi connectivity index (χ1v) is 6.58. The Morgan fingerprint density at radius 1 is 1.60 bits per heavy atom. The molecule has 2 N–H and O–H groups in total. The summed E-state index contributed by atoms with van der Waals surface area (Å²) in [7, 11) is -1.39. The maximum absolute atomic E-state index is 11.7. The van der Waals surface area contributed by atoms with Crippen LogP contribution >= 0.6 is 0 Å². The van der Waals surface area contributed by atoms with Gasteiger partial charge in [-0.05, 0) is 19.9 Å². The summed E-state index contributed by atoms with van der Waals surface area (Å²) in [6, 6.07) is 1.45. The third-order valence-corrected chi connectivity index (χ3v) is 3.75. The van der Waals surface area contributed by atoms with Crippen LogP contribution in [-0.2, 0) is 22.6 Å². The van der Waals surface area contributed by atoms with Gasteiger partial charge in [0.15, 0.2) is 9.84 Å². The Bertz CT molecular complexity index is 434. The largest absolute Gasteiger partial charge is 0.327 e. The van der Waals surface area contributed by atoms with Crippen molar-refractivity contribution in [2.75, 3.05) is 5.75 Å². The molecule has 0 aliphatic rings. The minimum Gasteiger partial charge on any atom is -0.327 e. The zero-order valence-electron chi connectivity index (χ0n) is 9.27. The molecule has 15 heavy (non-hydrogen) atoms. The van der Waals surface area contributed by atoms with Gasteiger partial charge in [0.1, 0.15) is 0 Å². The average Bonchev–Trinajstić information content (AvgIpc) is 2.25. The first-order valence-electron chi connectivity index (χ1n) is 4.75. The van der Waals surface area contributed by atoms with Crippen LogP contribution in [0.1, 0.15) is 18.3 Å². The fourth-order valence-corrected chi connectivity index (χ4v) is 3.12. The summed E-state index contributed by atoms with van der Waals surface area (Å²) >= 11 is 0. The van der Waals surface area contributed by atoms with E-state index in [9.17, 15) is 8.42 Å². The van der Waals surface area contributed by atoms with E-state index in [2.05, 4.69) is 5.10 Å². The van der Waals surface area contributed by atoms with Crippen LogP contribution in [0.4, 0.5) is 0 Å². The Labute approximate surface area is 90.2 Å². The number of aromatic nitrogens is 2. The molecule has 0 spiro atoms. The topological polar surface area (TPSA) is 78.0 Å². The maximum Gasteiger partial charge on any atom is 0.157 e. The molecule has 86 valence electrons. The van der Waals surface area contributed by atoms with E-state index in [0.29, 0.717) is 5.69 Å². The van der Waals surface area contributed by atoms with Crippen LogP contribution in [0.3, 0.4) is 0 Å². The smallest absolute Gasteiger partial charge is 0.157 e. The summed E-state index contributed by atoms with van der Waals surface area (Å²) in [5, 5.41) is 4.10. The molecule has 0 aromatic carbocycles. The highest BCUT2D eigenvalue weighted by molar-refractivity contribution is 7.90. The predicted octanol–water partition coefficient (Wildman–Crippen LogP) is -0.00948. The molecule has 1 aromatic rings. The van der Waals surface area contributed by atoms with E-state index in [1.165, 1.54) is 0 Å². The molecule has 6 heteroatoms. The van der Waals surface area contributed by atoms with E-state index in [0.717, 1.165) is 5.69 Å². The van der Waals surface area contributed by atoms with E-state index in [1.54, 1.807) is 24.7 Å². The van der Waals surface area contributed by atoms with Crippen LogP contribution in [0, 0.1) is 6.92 Å². The van der Waals surface area contributed by atoms with Crippen LogP contribution < -0.4 is 5.73 Å². The Kier molecular flexibility index (Phi) is 3.51. The Hall–Kier alpha value is -0.880. The van der Waals surface area contributed by atoms with Crippen molar-refractivity contribution in [3.63, 3.8) is 0 Å². The van der Waals surface area contributed by atoms with Gasteiger partial charge in [-0.15, -0.1) is 0 Å². The van der Waals surface area contributed by atoms with Crippen LogP contribution in [-0.4, -0.2) is 30.0 Å². The number of hydrogen-bond donors (Lipinski definition) is 1. The molecular formula is C9H17N3O2S. The molecule has 0 aliphatic heterocycles. The molecule has 0 saturated heterocycles. The van der Waals surface area contributed by atoms with Crippen molar-refractivity contribution in [3.05, 3.63) is 17.5 Å². The fourth-order valence-electron chi connectivity index (χ4n) is 1.48. The van der Waals surface area contributed by atoms with Crippen molar-refractivity contribution >= 4 is 9.84 Å². The lowest BCUT2D eigenvalue weighted by Crippen LogP contribution is -2.27. The number of nitrogens with two attached hydrogens (primary N) is 1. The van der Waals surface area contributed by atoms with Gasteiger partial charge in [0.05, 0.1) is 22.9 Å². The van der Waals surface area contributed by atoms with Gasteiger partial charge in [-0.2, -0.15) is 5.10 Å². The van der Waals surface area contributed by atoms with Crippen molar-refractivity contribution in [2.45, 2.75) is 25.6 Å². The molecule has 1 atom stereocenters. The summed E-state index contributed by atoms with van der Waals surface area (Å²) in [4.78, 5) is 0. The second-order valence-electron chi connectivity index (χ2n) is 3.93. The van der Waals surface area contributed by atoms with Crippen LogP contribution in [0.2, 0.25) is 0 Å². The Balaban J connectivity index is 2.82. The monoisotopic (exact) mass is 231 g/mol. The first-order chi connectivity index (χ1) is 6.80. The zero-order chi connectivity index (χ0) is 11.6. The normalized spacial score (nSPS) is 14.1. The minimum absolute atomic E-state index is 0.00583. The van der Waals surface area contributed by atoms with E-state index < -0.39 is 9.84 Å². The molecule has 0 aliphatic carbocycles. The van der Waals surface area contributed by atoms with Gasteiger partial charge in [0, 0.05) is 13.1 Å². The van der Waals surface area contributed by atoms with Crippen molar-refractivity contribution in [3.8, 4) is 0 Å². The SMILES string of the molecule is Cc1cc(CS(=O)(=O)CC(C)N)n(C)n1. The van der Waals surface area contributed by atoms with Gasteiger partial charge >= 0.3 is 0 Å². The maximum atomic E-state index is 11.7. The lowest BCUT2D eigenvalue weighted by atomic mass is 10.4. The minimum atomic E-state index is -3.13. The Morgan fingerprint density at radius 3 is 2.60 bits per heavy atom. The van der Waals surface area contributed by atoms with Crippen LogP contribution in [0.15, 0.2) is 6.07 Å². The molecule has 0 bridgehead atoms. The van der Waals surface area contributed by atoms with Crippen molar-refractivity contribution in [2.24, 2.45) is 12.8 Å². The van der Waals surface area contributed by atoms with Gasteiger partial charge in [-0.25, -0.2) is 8.42 Å². The van der Waals surface area contributed by atoms with E-state index in [1.807, 2.05) is 6.92 Å². The van der Waals surface area contributed by atoms with Crippen molar-refractivity contribution in [1.82, 2.24) is 9.78 Å². The highest BCUT2D eigenvalue weighted by atomic mass is 32.2. The highest BCUT2D eigenvalue weighted by Crippen LogP contribution is 2.08. The van der Waals surface area contributed by atoms with Gasteiger partial charge in [-0.1, -0.05) is 0 Å². The highest BCUT2D eigenvalue weighted by Gasteiger charge is 2.16. The fraction of sp³-hybridized carbons (Fsp3) is 0.667. The van der Waals surface area contributed by atoms with Gasteiger partial charge < -0.3 is 5.73 Å². The molecule has 1 aromatic heterocycles. The molecular weight excluding hydrogens is 214 g/mol. The molecule has 5 nitrogen and oxygen atoms in total. The molecule has 1 rings (SSSR count). The number of rotatable bonds is 4. The number of sulfone groups is 1.